The highest BCUT2D eigenvalue weighted by atomic mass is 16.5. The predicted octanol–water partition coefficient (Wildman–Crippen LogP) is 4.54. The molecule has 0 aliphatic carbocycles. The third kappa shape index (κ3) is 6.56. The fourth-order valence-electron chi connectivity index (χ4n) is 3.34. The van der Waals surface area contributed by atoms with Crippen molar-refractivity contribution in [3.63, 3.8) is 0 Å². The van der Waals surface area contributed by atoms with Gasteiger partial charge in [-0.1, -0.05) is 30.3 Å². The van der Waals surface area contributed by atoms with Crippen molar-refractivity contribution in [1.29, 1.82) is 0 Å². The van der Waals surface area contributed by atoms with Crippen LogP contribution >= 0.6 is 0 Å². The molecule has 1 heterocycles. The van der Waals surface area contributed by atoms with Crippen molar-refractivity contribution < 1.29 is 23.7 Å². The molecule has 3 aromatic rings. The van der Waals surface area contributed by atoms with Gasteiger partial charge in [-0.2, -0.15) is 0 Å². The summed E-state index contributed by atoms with van der Waals surface area (Å²) in [5.41, 5.74) is 3.81. The van der Waals surface area contributed by atoms with Gasteiger partial charge in [-0.05, 0) is 35.4 Å². The van der Waals surface area contributed by atoms with Crippen molar-refractivity contribution in [2.45, 2.75) is 19.3 Å². The minimum absolute atomic E-state index is 0.157. The summed E-state index contributed by atoms with van der Waals surface area (Å²) in [6, 6.07) is 19.4. The van der Waals surface area contributed by atoms with Gasteiger partial charge in [0.25, 0.3) is 0 Å². The van der Waals surface area contributed by atoms with Crippen LogP contribution in [0.15, 0.2) is 60.7 Å². The topological polar surface area (TPSA) is 66.9 Å². The molecule has 0 bridgehead atoms. The van der Waals surface area contributed by atoms with E-state index in [1.807, 2.05) is 60.7 Å². The van der Waals surface area contributed by atoms with Crippen LogP contribution in [0.5, 0.6) is 17.4 Å². The van der Waals surface area contributed by atoms with Gasteiger partial charge in [-0.25, -0.2) is 4.98 Å². The van der Waals surface area contributed by atoms with Crippen LogP contribution in [-0.4, -0.2) is 45.3 Å². The van der Waals surface area contributed by atoms with E-state index in [1.165, 1.54) is 0 Å². The molecule has 0 aliphatic rings. The van der Waals surface area contributed by atoms with Crippen molar-refractivity contribution in [3.05, 3.63) is 71.8 Å². The van der Waals surface area contributed by atoms with E-state index in [0.717, 1.165) is 22.4 Å². The second-order valence-electron chi connectivity index (χ2n) is 7.31. The number of Topliss-reactive ketones (excluding diaryl/α,β-unsaturated/α-hetero) is 1. The lowest BCUT2D eigenvalue weighted by Gasteiger charge is -2.11. The zero-order chi connectivity index (χ0) is 22.8. The molecule has 3 rings (SSSR count). The SMILES string of the molecule is COCCC(=O)Cc1cccc(-c2cccc(OCCc3ccc(OC)c(OC)c3)n2)c1. The fraction of sp³-hybridized carbons (Fsp3) is 0.308. The molecule has 1 aromatic heterocycles. The second-order valence-corrected chi connectivity index (χ2v) is 7.31. The predicted molar refractivity (Wildman–Crippen MR) is 124 cm³/mol. The first-order chi connectivity index (χ1) is 15.6. The monoisotopic (exact) mass is 435 g/mol. The van der Waals surface area contributed by atoms with Gasteiger partial charge in [0.15, 0.2) is 11.5 Å². The highest BCUT2D eigenvalue weighted by Crippen LogP contribution is 2.28. The van der Waals surface area contributed by atoms with Crippen molar-refractivity contribution in [1.82, 2.24) is 4.98 Å². The first-order valence-electron chi connectivity index (χ1n) is 10.5. The lowest BCUT2D eigenvalue weighted by atomic mass is 10.0. The van der Waals surface area contributed by atoms with E-state index in [1.54, 1.807) is 21.3 Å². The van der Waals surface area contributed by atoms with Crippen LogP contribution < -0.4 is 14.2 Å². The number of aromatic nitrogens is 1. The number of carbonyl (C=O) groups excluding carboxylic acids is 1. The first-order valence-corrected chi connectivity index (χ1v) is 10.5. The largest absolute Gasteiger partial charge is 0.493 e. The molecule has 168 valence electrons. The first kappa shape index (κ1) is 23.3. The van der Waals surface area contributed by atoms with Crippen LogP contribution in [0.1, 0.15) is 17.5 Å². The van der Waals surface area contributed by atoms with Gasteiger partial charge in [-0.15, -0.1) is 0 Å². The van der Waals surface area contributed by atoms with Crippen LogP contribution in [0, 0.1) is 0 Å². The summed E-state index contributed by atoms with van der Waals surface area (Å²) < 4.78 is 21.5. The van der Waals surface area contributed by atoms with Crippen LogP contribution in [0.25, 0.3) is 11.3 Å². The third-order valence-corrected chi connectivity index (χ3v) is 5.02. The number of carbonyl (C=O) groups is 1. The van der Waals surface area contributed by atoms with E-state index < -0.39 is 0 Å². The van der Waals surface area contributed by atoms with Crippen molar-refractivity contribution in [2.75, 3.05) is 34.5 Å². The molecule has 6 heteroatoms. The molecule has 2 aromatic carbocycles. The van der Waals surface area contributed by atoms with Crippen molar-refractivity contribution in [3.8, 4) is 28.6 Å². The number of benzene rings is 2. The summed E-state index contributed by atoms with van der Waals surface area (Å²) in [7, 11) is 4.84. The number of ketones is 1. The summed E-state index contributed by atoms with van der Waals surface area (Å²) in [6.07, 6.45) is 1.52. The standard InChI is InChI=1S/C26H29NO5/c1-29-14-13-22(28)17-20-6-4-7-21(16-20)23-8-5-9-26(27-23)32-15-12-19-10-11-24(30-2)25(18-19)31-3/h4-11,16,18H,12-15,17H2,1-3H3. The number of nitrogens with zero attached hydrogens (tertiary/aromatic N) is 1. The second kappa shape index (κ2) is 11.9. The van der Waals surface area contributed by atoms with Gasteiger partial charge >= 0.3 is 0 Å². The Morgan fingerprint density at radius 1 is 0.844 bits per heavy atom. The summed E-state index contributed by atoms with van der Waals surface area (Å²) in [6.45, 7) is 0.933. The van der Waals surface area contributed by atoms with E-state index >= 15 is 0 Å². The number of hydrogen-bond acceptors (Lipinski definition) is 6. The van der Waals surface area contributed by atoms with Crippen LogP contribution in [0.4, 0.5) is 0 Å². The molecule has 0 spiro atoms. The molecule has 0 saturated carbocycles. The van der Waals surface area contributed by atoms with Gasteiger partial charge in [-0.3, -0.25) is 4.79 Å². The van der Waals surface area contributed by atoms with E-state index in [-0.39, 0.29) is 5.78 Å². The molecule has 0 saturated heterocycles. The van der Waals surface area contributed by atoms with E-state index in [0.29, 0.717) is 49.9 Å². The Labute approximate surface area is 189 Å². The Morgan fingerprint density at radius 3 is 2.44 bits per heavy atom. The van der Waals surface area contributed by atoms with Crippen LogP contribution in [0.2, 0.25) is 0 Å². The Balaban J connectivity index is 1.62. The molecule has 0 fully saturated rings. The number of pyridine rings is 1. The molecule has 0 aliphatic heterocycles. The Kier molecular flexibility index (Phi) is 8.63. The maximum Gasteiger partial charge on any atom is 0.213 e. The Morgan fingerprint density at radius 2 is 1.66 bits per heavy atom. The lowest BCUT2D eigenvalue weighted by Crippen LogP contribution is -2.06. The summed E-state index contributed by atoms with van der Waals surface area (Å²) in [5.74, 6) is 2.12. The van der Waals surface area contributed by atoms with Crippen molar-refractivity contribution in [2.24, 2.45) is 0 Å². The molecular weight excluding hydrogens is 406 g/mol. The molecule has 0 amide bonds. The minimum Gasteiger partial charge on any atom is -0.493 e. The highest BCUT2D eigenvalue weighted by molar-refractivity contribution is 5.81. The zero-order valence-corrected chi connectivity index (χ0v) is 18.8. The van der Waals surface area contributed by atoms with Gasteiger partial charge in [0.2, 0.25) is 5.88 Å². The molecule has 0 radical (unpaired) electrons. The molecule has 0 N–H and O–H groups in total. The molecule has 32 heavy (non-hydrogen) atoms. The maximum absolute atomic E-state index is 12.1. The quantitative estimate of drug-likeness (QED) is 0.416. The molecule has 6 nitrogen and oxygen atoms in total. The van der Waals surface area contributed by atoms with E-state index in [4.69, 9.17) is 18.9 Å². The number of rotatable bonds is 12. The van der Waals surface area contributed by atoms with Gasteiger partial charge in [0, 0.05) is 38.0 Å². The van der Waals surface area contributed by atoms with E-state index in [9.17, 15) is 4.79 Å². The zero-order valence-electron chi connectivity index (χ0n) is 18.8. The third-order valence-electron chi connectivity index (χ3n) is 5.02. The maximum atomic E-state index is 12.1. The van der Waals surface area contributed by atoms with Crippen LogP contribution in [-0.2, 0) is 22.4 Å². The smallest absolute Gasteiger partial charge is 0.213 e. The Hall–Kier alpha value is -3.38. The van der Waals surface area contributed by atoms with Gasteiger partial charge in [0.05, 0.1) is 33.1 Å². The fourth-order valence-corrected chi connectivity index (χ4v) is 3.34. The lowest BCUT2D eigenvalue weighted by molar-refractivity contribution is -0.119. The average molecular weight is 436 g/mol. The minimum atomic E-state index is 0.157. The normalized spacial score (nSPS) is 10.6. The van der Waals surface area contributed by atoms with E-state index in [2.05, 4.69) is 4.98 Å². The average Bonchev–Trinajstić information content (AvgIpc) is 2.83. The number of methoxy groups -OCH3 is 3. The molecular formula is C26H29NO5. The van der Waals surface area contributed by atoms with Gasteiger partial charge in [0.1, 0.15) is 5.78 Å². The summed E-state index contributed by atoms with van der Waals surface area (Å²) in [5, 5.41) is 0. The summed E-state index contributed by atoms with van der Waals surface area (Å²) in [4.78, 5) is 16.7. The highest BCUT2D eigenvalue weighted by Gasteiger charge is 2.08. The summed E-state index contributed by atoms with van der Waals surface area (Å²) >= 11 is 0. The van der Waals surface area contributed by atoms with Crippen molar-refractivity contribution >= 4 is 5.78 Å². The molecule has 0 unspecified atom stereocenters. The molecule has 0 atom stereocenters. The Bertz CT molecular complexity index is 1030. The van der Waals surface area contributed by atoms with Gasteiger partial charge < -0.3 is 18.9 Å². The van der Waals surface area contributed by atoms with Crippen LogP contribution in [0.3, 0.4) is 0 Å². The number of ether oxygens (including phenoxy) is 4. The number of hydrogen-bond donors (Lipinski definition) is 0.